The maximum Gasteiger partial charge on any atom is 0.218 e. The molecule has 2 aromatic rings. The Kier molecular flexibility index (Phi) is 5.66. The number of benzene rings is 1. The lowest BCUT2D eigenvalue weighted by molar-refractivity contribution is 0.429. The van der Waals surface area contributed by atoms with Crippen LogP contribution < -0.4 is 4.74 Å². The highest BCUT2D eigenvalue weighted by atomic mass is 35.5. The van der Waals surface area contributed by atoms with Gasteiger partial charge in [0.25, 0.3) is 0 Å². The Morgan fingerprint density at radius 2 is 2.15 bits per heavy atom. The topological polar surface area (TPSA) is 61.5 Å². The molecule has 1 aromatic heterocycles. The van der Waals surface area contributed by atoms with Gasteiger partial charge in [-0.25, -0.2) is 4.99 Å². The van der Waals surface area contributed by atoms with Crippen LogP contribution in [0.2, 0.25) is 5.02 Å². The summed E-state index contributed by atoms with van der Waals surface area (Å²) in [4.78, 5) is 6.00. The molecule has 1 heterocycles. The molecule has 8 heteroatoms. The van der Waals surface area contributed by atoms with Crippen molar-refractivity contribution < 1.29 is 4.74 Å². The summed E-state index contributed by atoms with van der Waals surface area (Å²) in [6.07, 6.45) is 3.43. The van der Waals surface area contributed by atoms with Crippen LogP contribution in [0.25, 0.3) is 0 Å². The Hall–Kier alpha value is -1.81. The second kappa shape index (κ2) is 7.67. The van der Waals surface area contributed by atoms with Crippen LogP contribution in [0.5, 0.6) is 10.8 Å². The van der Waals surface area contributed by atoms with Gasteiger partial charge in [-0.3, -0.25) is 0 Å². The summed E-state index contributed by atoms with van der Waals surface area (Å²) in [7, 11) is 1.97. The van der Waals surface area contributed by atoms with Gasteiger partial charge in [-0.05, 0) is 51.3 Å². The molecule has 0 saturated heterocycles. The predicted octanol–water partition coefficient (Wildman–Crippen LogP) is 6.00. The first-order valence-corrected chi connectivity index (χ1v) is 10.1. The third kappa shape index (κ3) is 4.21. The van der Waals surface area contributed by atoms with Crippen LogP contribution in [-0.2, 0) is 4.87 Å². The van der Waals surface area contributed by atoms with E-state index in [9.17, 15) is 5.26 Å². The SMILES string of the molecule is Cc1cc(Oc2snc(C3(Cl)CC3)c2C#N)c(Cl)cc1/N=C\N(C)C(C)C. The van der Waals surface area contributed by atoms with E-state index in [0.717, 1.165) is 35.6 Å². The van der Waals surface area contributed by atoms with E-state index in [1.807, 2.05) is 24.9 Å². The van der Waals surface area contributed by atoms with Crippen LogP contribution in [0.3, 0.4) is 0 Å². The van der Waals surface area contributed by atoms with Gasteiger partial charge in [-0.1, -0.05) is 11.6 Å². The Morgan fingerprint density at radius 3 is 2.74 bits per heavy atom. The third-order valence-electron chi connectivity index (χ3n) is 4.53. The molecule has 3 rings (SSSR count). The number of rotatable bonds is 6. The summed E-state index contributed by atoms with van der Waals surface area (Å²) in [5.74, 6) is 0.469. The number of aromatic nitrogens is 1. The smallest absolute Gasteiger partial charge is 0.218 e. The van der Waals surface area contributed by atoms with Gasteiger partial charge in [-0.2, -0.15) is 9.64 Å². The highest BCUT2D eigenvalue weighted by Gasteiger charge is 2.47. The quantitative estimate of drug-likeness (QED) is 0.325. The molecule has 0 aliphatic heterocycles. The van der Waals surface area contributed by atoms with Crippen molar-refractivity contribution in [2.75, 3.05) is 7.05 Å². The summed E-state index contributed by atoms with van der Waals surface area (Å²) < 4.78 is 10.3. The van der Waals surface area contributed by atoms with Crippen molar-refractivity contribution in [1.29, 1.82) is 5.26 Å². The number of ether oxygens (including phenoxy) is 1. The van der Waals surface area contributed by atoms with Crippen molar-refractivity contribution in [2.24, 2.45) is 4.99 Å². The van der Waals surface area contributed by atoms with Crippen LogP contribution in [0.4, 0.5) is 5.69 Å². The van der Waals surface area contributed by atoms with Crippen molar-refractivity contribution in [3.63, 3.8) is 0 Å². The highest BCUT2D eigenvalue weighted by Crippen LogP contribution is 2.54. The summed E-state index contributed by atoms with van der Waals surface area (Å²) in [6.45, 7) is 6.11. The summed E-state index contributed by atoms with van der Waals surface area (Å²) in [5.41, 5.74) is 2.68. The molecular formula is C19H20Cl2N4OS. The van der Waals surface area contributed by atoms with E-state index in [1.165, 1.54) is 0 Å². The molecule has 0 radical (unpaired) electrons. The van der Waals surface area contributed by atoms with Crippen LogP contribution >= 0.6 is 34.7 Å². The van der Waals surface area contributed by atoms with Crippen molar-refractivity contribution >= 4 is 46.8 Å². The Balaban J connectivity index is 1.86. The van der Waals surface area contributed by atoms with Gasteiger partial charge in [0.05, 0.1) is 27.6 Å². The first-order chi connectivity index (χ1) is 12.7. The molecule has 0 amide bonds. The summed E-state index contributed by atoms with van der Waals surface area (Å²) in [5, 5.41) is 10.3. The summed E-state index contributed by atoms with van der Waals surface area (Å²) in [6, 6.07) is 6.10. The highest BCUT2D eigenvalue weighted by molar-refractivity contribution is 7.08. The number of nitriles is 1. The van der Waals surface area contributed by atoms with Crippen LogP contribution in [0, 0.1) is 18.3 Å². The zero-order valence-electron chi connectivity index (χ0n) is 15.6. The molecule has 1 aromatic carbocycles. The Bertz CT molecular complexity index is 929. The molecule has 1 aliphatic rings. The molecule has 27 heavy (non-hydrogen) atoms. The molecule has 0 spiro atoms. The number of aliphatic imine (C=N–C) groups is 1. The van der Waals surface area contributed by atoms with Gasteiger partial charge >= 0.3 is 0 Å². The molecule has 0 bridgehead atoms. The third-order valence-corrected chi connectivity index (χ3v) is 6.11. The molecular weight excluding hydrogens is 403 g/mol. The molecule has 0 unspecified atom stereocenters. The number of aryl methyl sites for hydroxylation is 1. The number of hydrogen-bond donors (Lipinski definition) is 0. The average molecular weight is 423 g/mol. The minimum Gasteiger partial charge on any atom is -0.442 e. The predicted molar refractivity (Wildman–Crippen MR) is 111 cm³/mol. The van der Waals surface area contributed by atoms with Gasteiger partial charge in [0.15, 0.2) is 0 Å². The Labute approximate surface area is 173 Å². The standard InChI is InChI=1S/C19H20Cl2N4OS/c1-11(2)25(4)10-23-15-8-14(20)16(7-12(15)3)26-18-13(9-22)17(24-27-18)19(21)5-6-19/h7-8,10-11H,5-6H2,1-4H3/b23-10-. The van der Waals surface area contributed by atoms with Gasteiger partial charge < -0.3 is 9.64 Å². The zero-order chi connectivity index (χ0) is 19.8. The number of halogens is 2. The fourth-order valence-corrected chi connectivity index (χ4v) is 3.62. The lowest BCUT2D eigenvalue weighted by Gasteiger charge is -2.17. The minimum atomic E-state index is -0.510. The molecule has 0 atom stereocenters. The first kappa shape index (κ1) is 19.9. The number of alkyl halides is 1. The van der Waals surface area contributed by atoms with Gasteiger partial charge in [-0.15, -0.1) is 11.6 Å². The van der Waals surface area contributed by atoms with E-state index in [-0.39, 0.29) is 0 Å². The number of hydrogen-bond acceptors (Lipinski definition) is 5. The molecule has 0 N–H and O–H groups in total. The van der Waals surface area contributed by atoms with Crippen LogP contribution in [-0.4, -0.2) is 28.7 Å². The monoisotopic (exact) mass is 422 g/mol. The van der Waals surface area contributed by atoms with Gasteiger partial charge in [0.1, 0.15) is 17.4 Å². The average Bonchev–Trinajstić information content (AvgIpc) is 3.23. The van der Waals surface area contributed by atoms with Crippen LogP contribution in [0.15, 0.2) is 17.1 Å². The van der Waals surface area contributed by atoms with Crippen molar-refractivity contribution in [3.05, 3.63) is 34.0 Å². The maximum atomic E-state index is 9.51. The lowest BCUT2D eigenvalue weighted by Crippen LogP contribution is -2.24. The second-order valence-electron chi connectivity index (χ2n) is 6.95. The lowest BCUT2D eigenvalue weighted by atomic mass is 10.2. The van der Waals surface area contributed by atoms with Crippen LogP contribution in [0.1, 0.15) is 43.5 Å². The first-order valence-electron chi connectivity index (χ1n) is 8.58. The van der Waals surface area contributed by atoms with E-state index in [1.54, 1.807) is 12.4 Å². The van der Waals surface area contributed by atoms with Gasteiger partial charge in [0, 0.05) is 24.6 Å². The maximum absolute atomic E-state index is 9.51. The van der Waals surface area contributed by atoms with Crippen molar-refractivity contribution in [3.8, 4) is 16.9 Å². The van der Waals surface area contributed by atoms with Crippen molar-refractivity contribution in [2.45, 2.75) is 44.5 Å². The Morgan fingerprint density at radius 1 is 1.44 bits per heavy atom. The molecule has 142 valence electrons. The van der Waals surface area contributed by atoms with Crippen molar-refractivity contribution in [1.82, 2.24) is 9.27 Å². The molecule has 1 fully saturated rings. The van der Waals surface area contributed by atoms with Gasteiger partial charge in [0.2, 0.25) is 5.06 Å². The minimum absolute atomic E-state index is 0.355. The van der Waals surface area contributed by atoms with E-state index < -0.39 is 4.87 Å². The molecule has 1 saturated carbocycles. The largest absolute Gasteiger partial charge is 0.442 e. The van der Waals surface area contributed by atoms with E-state index >= 15 is 0 Å². The fourth-order valence-electron chi connectivity index (χ4n) is 2.34. The second-order valence-corrected chi connectivity index (χ2v) is 8.81. The summed E-state index contributed by atoms with van der Waals surface area (Å²) >= 11 is 13.9. The van der Waals surface area contributed by atoms with E-state index in [2.05, 4.69) is 29.3 Å². The fraction of sp³-hybridized carbons (Fsp3) is 0.421. The molecule has 1 aliphatic carbocycles. The van der Waals surface area contributed by atoms with E-state index in [0.29, 0.717) is 33.1 Å². The zero-order valence-corrected chi connectivity index (χ0v) is 17.9. The molecule has 5 nitrogen and oxygen atoms in total. The normalized spacial score (nSPS) is 15.2. The number of nitrogens with zero attached hydrogens (tertiary/aromatic N) is 4. The van der Waals surface area contributed by atoms with E-state index in [4.69, 9.17) is 27.9 Å².